The maximum absolute atomic E-state index is 8.42. The molecule has 0 saturated heterocycles. The van der Waals surface area contributed by atoms with Crippen LogP contribution in [0.4, 0.5) is 0 Å². The summed E-state index contributed by atoms with van der Waals surface area (Å²) in [6.45, 7) is 2.83. The van der Waals surface area contributed by atoms with Crippen LogP contribution in [0, 0.1) is 18.3 Å². The highest BCUT2D eigenvalue weighted by molar-refractivity contribution is 5.21. The number of nitrogens with zero attached hydrogens (tertiary/aromatic N) is 1. The third-order valence-electron chi connectivity index (χ3n) is 1.81. The van der Waals surface area contributed by atoms with E-state index < -0.39 is 6.04 Å². The number of benzene rings is 1. The summed E-state index contributed by atoms with van der Waals surface area (Å²) in [4.78, 5) is 0. The molecule has 0 fully saturated rings. The third-order valence-corrected chi connectivity index (χ3v) is 1.81. The van der Waals surface area contributed by atoms with Crippen LogP contribution >= 0.6 is 0 Å². The van der Waals surface area contributed by atoms with Crippen molar-refractivity contribution in [1.29, 1.82) is 5.26 Å². The normalized spacial score (nSPS) is 12.1. The van der Waals surface area contributed by atoms with Gasteiger partial charge in [0.2, 0.25) is 0 Å². The summed E-state index contributed by atoms with van der Waals surface area (Å²) < 4.78 is 5.28. The number of nitriles is 1. The Morgan fingerprint density at radius 2 is 2.36 bits per heavy atom. The second-order valence-corrected chi connectivity index (χ2v) is 3.24. The summed E-state index contributed by atoms with van der Waals surface area (Å²) in [7, 11) is 0. The number of ether oxygens (including phenoxy) is 1. The van der Waals surface area contributed by atoms with Crippen molar-refractivity contribution in [2.75, 3.05) is 6.61 Å². The Hall–Kier alpha value is -1.37. The second-order valence-electron chi connectivity index (χ2n) is 3.24. The van der Waals surface area contributed by atoms with E-state index in [2.05, 4.69) is 6.07 Å². The first kappa shape index (κ1) is 10.7. The lowest BCUT2D eigenvalue weighted by Gasteiger charge is -2.05. The Balaban J connectivity index is 2.36. The van der Waals surface area contributed by atoms with Gasteiger partial charge >= 0.3 is 0 Å². The summed E-state index contributed by atoms with van der Waals surface area (Å²) in [6, 6.07) is 9.45. The molecule has 0 aliphatic carbocycles. The Kier molecular flexibility index (Phi) is 4.11. The predicted octanol–water partition coefficient (Wildman–Crippen LogP) is 1.36. The van der Waals surface area contributed by atoms with E-state index in [1.807, 2.05) is 31.2 Å². The van der Waals surface area contributed by atoms with Gasteiger partial charge in [0.15, 0.2) is 0 Å². The van der Waals surface area contributed by atoms with Crippen molar-refractivity contribution in [3.8, 4) is 6.07 Å². The molecule has 74 valence electrons. The highest BCUT2D eigenvalue weighted by atomic mass is 16.5. The first-order valence-electron chi connectivity index (χ1n) is 4.51. The first-order valence-corrected chi connectivity index (χ1v) is 4.51. The largest absolute Gasteiger partial charge is 0.374 e. The zero-order valence-corrected chi connectivity index (χ0v) is 8.23. The molecular weight excluding hydrogens is 176 g/mol. The molecule has 0 aliphatic heterocycles. The Morgan fingerprint density at radius 3 is 3.00 bits per heavy atom. The highest BCUT2D eigenvalue weighted by Crippen LogP contribution is 2.05. The molecule has 1 aromatic rings. The average Bonchev–Trinajstić information content (AvgIpc) is 2.17. The van der Waals surface area contributed by atoms with Gasteiger partial charge in [0.1, 0.15) is 6.04 Å². The van der Waals surface area contributed by atoms with Crippen LogP contribution in [0.1, 0.15) is 11.1 Å². The molecule has 1 aromatic carbocycles. The van der Waals surface area contributed by atoms with Gasteiger partial charge in [0.05, 0.1) is 19.3 Å². The van der Waals surface area contributed by atoms with Gasteiger partial charge in [-0.25, -0.2) is 0 Å². The predicted molar refractivity (Wildman–Crippen MR) is 54.4 cm³/mol. The summed E-state index contributed by atoms with van der Waals surface area (Å²) in [5.41, 5.74) is 7.69. The van der Waals surface area contributed by atoms with Crippen molar-refractivity contribution in [2.24, 2.45) is 5.73 Å². The summed E-state index contributed by atoms with van der Waals surface area (Å²) >= 11 is 0. The van der Waals surface area contributed by atoms with Crippen LogP contribution in [0.5, 0.6) is 0 Å². The minimum atomic E-state index is -0.528. The maximum Gasteiger partial charge on any atom is 0.116 e. The molecule has 0 aromatic heterocycles. The van der Waals surface area contributed by atoms with Gasteiger partial charge in [0, 0.05) is 0 Å². The number of nitrogens with two attached hydrogens (primary N) is 1. The molecule has 0 heterocycles. The molecular formula is C11H14N2O. The first-order chi connectivity index (χ1) is 6.72. The van der Waals surface area contributed by atoms with Crippen LogP contribution in [-0.4, -0.2) is 12.6 Å². The number of hydrogen-bond donors (Lipinski definition) is 1. The van der Waals surface area contributed by atoms with Crippen LogP contribution in [0.3, 0.4) is 0 Å². The molecule has 0 spiro atoms. The topological polar surface area (TPSA) is 59.0 Å². The van der Waals surface area contributed by atoms with Crippen molar-refractivity contribution < 1.29 is 4.74 Å². The zero-order valence-electron chi connectivity index (χ0n) is 8.23. The molecule has 0 amide bonds. The maximum atomic E-state index is 8.42. The SMILES string of the molecule is Cc1cccc(COCC(N)C#N)c1. The van der Waals surface area contributed by atoms with Gasteiger partial charge in [-0.2, -0.15) is 5.26 Å². The lowest BCUT2D eigenvalue weighted by atomic mass is 10.1. The van der Waals surface area contributed by atoms with Crippen LogP contribution < -0.4 is 5.73 Å². The standard InChI is InChI=1S/C11H14N2O/c1-9-3-2-4-10(5-9)7-14-8-11(13)6-12/h2-5,11H,7-8,13H2,1H3. The molecule has 1 rings (SSSR count). The van der Waals surface area contributed by atoms with Crippen LogP contribution in [0.2, 0.25) is 0 Å². The van der Waals surface area contributed by atoms with Crippen molar-refractivity contribution in [1.82, 2.24) is 0 Å². The Bertz CT molecular complexity index is 330. The fourth-order valence-corrected chi connectivity index (χ4v) is 1.14. The van der Waals surface area contributed by atoms with Crippen molar-refractivity contribution in [3.05, 3.63) is 35.4 Å². The minimum Gasteiger partial charge on any atom is -0.374 e. The fraction of sp³-hybridized carbons (Fsp3) is 0.364. The third kappa shape index (κ3) is 3.56. The quantitative estimate of drug-likeness (QED) is 0.779. The van der Waals surface area contributed by atoms with E-state index in [0.717, 1.165) is 5.56 Å². The van der Waals surface area contributed by atoms with E-state index in [-0.39, 0.29) is 6.61 Å². The summed E-state index contributed by atoms with van der Waals surface area (Å²) in [5, 5.41) is 8.42. The smallest absolute Gasteiger partial charge is 0.116 e. The molecule has 0 aliphatic rings. The van der Waals surface area contributed by atoms with Crippen LogP contribution in [-0.2, 0) is 11.3 Å². The van der Waals surface area contributed by atoms with Crippen molar-refractivity contribution in [3.63, 3.8) is 0 Å². The Labute approximate surface area is 84.1 Å². The number of rotatable bonds is 4. The lowest BCUT2D eigenvalue weighted by Crippen LogP contribution is -2.23. The van der Waals surface area contributed by atoms with E-state index in [1.54, 1.807) is 0 Å². The average molecular weight is 190 g/mol. The van der Waals surface area contributed by atoms with Crippen LogP contribution in [0.15, 0.2) is 24.3 Å². The molecule has 1 atom stereocenters. The summed E-state index contributed by atoms with van der Waals surface area (Å²) in [5.74, 6) is 0. The lowest BCUT2D eigenvalue weighted by molar-refractivity contribution is 0.117. The van der Waals surface area contributed by atoms with Gasteiger partial charge in [-0.1, -0.05) is 29.8 Å². The van der Waals surface area contributed by atoms with Gasteiger partial charge in [-0.05, 0) is 12.5 Å². The molecule has 0 radical (unpaired) electrons. The van der Waals surface area contributed by atoms with Crippen LogP contribution in [0.25, 0.3) is 0 Å². The molecule has 14 heavy (non-hydrogen) atoms. The second kappa shape index (κ2) is 5.38. The zero-order chi connectivity index (χ0) is 10.4. The van der Waals surface area contributed by atoms with E-state index >= 15 is 0 Å². The van der Waals surface area contributed by atoms with E-state index in [0.29, 0.717) is 6.61 Å². The molecule has 0 saturated carbocycles. The van der Waals surface area contributed by atoms with Gasteiger partial charge in [-0.15, -0.1) is 0 Å². The molecule has 2 N–H and O–H groups in total. The molecule has 1 unspecified atom stereocenters. The highest BCUT2D eigenvalue weighted by Gasteiger charge is 1.99. The van der Waals surface area contributed by atoms with E-state index in [9.17, 15) is 0 Å². The number of aryl methyl sites for hydroxylation is 1. The van der Waals surface area contributed by atoms with Gasteiger partial charge in [-0.3, -0.25) is 0 Å². The van der Waals surface area contributed by atoms with Gasteiger partial charge < -0.3 is 10.5 Å². The van der Waals surface area contributed by atoms with Crippen molar-refractivity contribution in [2.45, 2.75) is 19.6 Å². The Morgan fingerprint density at radius 1 is 1.57 bits per heavy atom. The van der Waals surface area contributed by atoms with Crippen molar-refractivity contribution >= 4 is 0 Å². The minimum absolute atomic E-state index is 0.282. The molecule has 3 heteroatoms. The molecule has 3 nitrogen and oxygen atoms in total. The summed E-state index contributed by atoms with van der Waals surface area (Å²) in [6.07, 6.45) is 0. The number of hydrogen-bond acceptors (Lipinski definition) is 3. The molecule has 0 bridgehead atoms. The van der Waals surface area contributed by atoms with E-state index in [4.69, 9.17) is 15.7 Å². The van der Waals surface area contributed by atoms with E-state index in [1.165, 1.54) is 5.56 Å². The van der Waals surface area contributed by atoms with Gasteiger partial charge in [0.25, 0.3) is 0 Å². The monoisotopic (exact) mass is 190 g/mol. The fourth-order valence-electron chi connectivity index (χ4n) is 1.14.